The maximum atomic E-state index is 10.7. The molecule has 0 saturated carbocycles. The molecule has 0 saturated heterocycles. The maximum Gasteiger partial charge on any atom is 0.273 e. The molecule has 0 N–H and O–H groups in total. The Bertz CT molecular complexity index is 397. The molecule has 0 aromatic heterocycles. The molecule has 0 aliphatic heterocycles. The second kappa shape index (κ2) is 6.64. The van der Waals surface area contributed by atoms with Gasteiger partial charge in [-0.2, -0.15) is 12.6 Å². The molecule has 0 aliphatic carbocycles. The Morgan fingerprint density at radius 1 is 1.39 bits per heavy atom. The van der Waals surface area contributed by atoms with E-state index in [0.29, 0.717) is 12.4 Å². The van der Waals surface area contributed by atoms with Crippen molar-refractivity contribution in [3.05, 3.63) is 34.4 Å². The first-order valence-corrected chi connectivity index (χ1v) is 6.68. The summed E-state index contributed by atoms with van der Waals surface area (Å²) in [5, 5.41) is 10.7. The van der Waals surface area contributed by atoms with Gasteiger partial charge in [-0.25, -0.2) is 0 Å². The van der Waals surface area contributed by atoms with Crippen molar-refractivity contribution >= 4 is 18.3 Å². The zero-order chi connectivity index (χ0) is 13.6. The van der Waals surface area contributed by atoms with Crippen LogP contribution in [-0.2, 0) is 0 Å². The Labute approximate surface area is 113 Å². The second-order valence-electron chi connectivity index (χ2n) is 4.41. The van der Waals surface area contributed by atoms with Gasteiger partial charge in [-0.1, -0.05) is 19.9 Å². The summed E-state index contributed by atoms with van der Waals surface area (Å²) < 4.78 is 5.68. The van der Waals surface area contributed by atoms with Crippen molar-refractivity contribution in [1.29, 1.82) is 0 Å². The van der Waals surface area contributed by atoms with Crippen molar-refractivity contribution in [1.82, 2.24) is 0 Å². The summed E-state index contributed by atoms with van der Waals surface area (Å²) in [7, 11) is 0. The first-order valence-electron chi connectivity index (χ1n) is 6.05. The molecule has 1 aromatic carbocycles. The monoisotopic (exact) mass is 269 g/mol. The van der Waals surface area contributed by atoms with Crippen LogP contribution >= 0.6 is 12.6 Å². The lowest BCUT2D eigenvalue weighted by atomic mass is 9.85. The number of ether oxygens (including phenoxy) is 1. The highest BCUT2D eigenvalue weighted by atomic mass is 32.1. The summed E-state index contributed by atoms with van der Waals surface area (Å²) in [6, 6.07) is 6.28. The quantitative estimate of drug-likeness (QED) is 0.466. The molecule has 0 amide bonds. The number of thiol groups is 1. The number of nitrogens with zero attached hydrogens (tertiary/aromatic N) is 1. The van der Waals surface area contributed by atoms with Gasteiger partial charge in [0.15, 0.2) is 0 Å². The van der Waals surface area contributed by atoms with Crippen LogP contribution in [0.15, 0.2) is 24.3 Å². The van der Waals surface area contributed by atoms with Crippen LogP contribution in [0.25, 0.3) is 0 Å². The van der Waals surface area contributed by atoms with Crippen LogP contribution in [-0.4, -0.2) is 17.3 Å². The number of nitro benzene ring substituents is 1. The van der Waals surface area contributed by atoms with Gasteiger partial charge in [0, 0.05) is 11.5 Å². The van der Waals surface area contributed by atoms with Gasteiger partial charge in [-0.15, -0.1) is 0 Å². The normalized spacial score (nSPS) is 11.3. The molecule has 5 heteroatoms. The maximum absolute atomic E-state index is 10.7. The molecular formula is C13H19NO3S. The largest absolute Gasteiger partial charge is 0.493 e. The highest BCUT2D eigenvalue weighted by molar-refractivity contribution is 7.80. The predicted molar refractivity (Wildman–Crippen MR) is 75.5 cm³/mol. The Balaban J connectivity index is 2.73. The van der Waals surface area contributed by atoms with Crippen LogP contribution < -0.4 is 4.74 Å². The van der Waals surface area contributed by atoms with Crippen molar-refractivity contribution < 1.29 is 9.66 Å². The second-order valence-corrected chi connectivity index (χ2v) is 4.72. The van der Waals surface area contributed by atoms with Crippen molar-refractivity contribution in [3.63, 3.8) is 0 Å². The van der Waals surface area contributed by atoms with Crippen LogP contribution in [0.1, 0.15) is 26.7 Å². The van der Waals surface area contributed by atoms with Crippen molar-refractivity contribution in [2.45, 2.75) is 26.7 Å². The van der Waals surface area contributed by atoms with E-state index in [9.17, 15) is 10.1 Å². The third kappa shape index (κ3) is 3.63. The van der Waals surface area contributed by atoms with Crippen LogP contribution in [0.4, 0.5) is 5.69 Å². The van der Waals surface area contributed by atoms with Gasteiger partial charge in [0.1, 0.15) is 5.75 Å². The SMILES string of the molecule is CCC(CC)(CS)COc1cccc([N+](=O)[O-])c1. The Kier molecular flexibility index (Phi) is 5.47. The minimum atomic E-state index is -0.418. The van der Waals surface area contributed by atoms with Crippen LogP contribution in [0.3, 0.4) is 0 Å². The molecule has 0 spiro atoms. The molecule has 0 radical (unpaired) electrons. The molecule has 0 bridgehead atoms. The Morgan fingerprint density at radius 3 is 2.56 bits per heavy atom. The molecule has 0 atom stereocenters. The molecule has 4 nitrogen and oxygen atoms in total. The van der Waals surface area contributed by atoms with Gasteiger partial charge in [0.2, 0.25) is 0 Å². The van der Waals surface area contributed by atoms with Crippen molar-refractivity contribution in [2.24, 2.45) is 5.41 Å². The first-order chi connectivity index (χ1) is 8.56. The van der Waals surface area contributed by atoms with E-state index in [-0.39, 0.29) is 11.1 Å². The van der Waals surface area contributed by atoms with Gasteiger partial charge in [-0.05, 0) is 24.7 Å². The minimum absolute atomic E-state index is 0.0354. The van der Waals surface area contributed by atoms with Crippen molar-refractivity contribution in [3.8, 4) is 5.75 Å². The molecule has 0 unspecified atom stereocenters. The van der Waals surface area contributed by atoms with Crippen LogP contribution in [0, 0.1) is 15.5 Å². The zero-order valence-corrected chi connectivity index (χ0v) is 11.7. The molecule has 1 rings (SSSR count). The minimum Gasteiger partial charge on any atom is -0.493 e. The molecular weight excluding hydrogens is 250 g/mol. The summed E-state index contributed by atoms with van der Waals surface area (Å²) in [4.78, 5) is 10.2. The fourth-order valence-corrected chi connectivity index (χ4v) is 2.19. The number of non-ortho nitro benzene ring substituents is 1. The fourth-order valence-electron chi connectivity index (χ4n) is 1.65. The van der Waals surface area contributed by atoms with Crippen molar-refractivity contribution in [2.75, 3.05) is 12.4 Å². The lowest BCUT2D eigenvalue weighted by Crippen LogP contribution is -2.29. The predicted octanol–water partition coefficient (Wildman–Crippen LogP) is 3.71. The third-order valence-electron chi connectivity index (χ3n) is 3.41. The summed E-state index contributed by atoms with van der Waals surface area (Å²) in [5.74, 6) is 1.28. The number of benzene rings is 1. The number of hydrogen-bond acceptors (Lipinski definition) is 4. The average Bonchev–Trinajstić information content (AvgIpc) is 2.41. The van der Waals surface area contributed by atoms with E-state index in [1.165, 1.54) is 12.1 Å². The van der Waals surface area contributed by atoms with E-state index < -0.39 is 4.92 Å². The summed E-state index contributed by atoms with van der Waals surface area (Å²) in [6.45, 7) is 4.75. The lowest BCUT2D eigenvalue weighted by molar-refractivity contribution is -0.384. The first kappa shape index (κ1) is 14.8. The van der Waals surface area contributed by atoms with Gasteiger partial charge in [0.05, 0.1) is 17.6 Å². The highest BCUT2D eigenvalue weighted by Gasteiger charge is 2.25. The van der Waals surface area contributed by atoms with Gasteiger partial charge < -0.3 is 4.74 Å². The van der Waals surface area contributed by atoms with E-state index in [4.69, 9.17) is 4.74 Å². The van der Waals surface area contributed by atoms with Crippen LogP contribution in [0.2, 0.25) is 0 Å². The summed E-state index contributed by atoms with van der Waals surface area (Å²) >= 11 is 4.37. The molecule has 1 aromatic rings. The van der Waals surface area contributed by atoms with E-state index in [1.54, 1.807) is 12.1 Å². The average molecular weight is 269 g/mol. The van der Waals surface area contributed by atoms with E-state index in [0.717, 1.165) is 18.6 Å². The molecule has 0 aliphatic rings. The van der Waals surface area contributed by atoms with Gasteiger partial charge >= 0.3 is 0 Å². The topological polar surface area (TPSA) is 52.4 Å². The standard InChI is InChI=1S/C13H19NO3S/c1-3-13(4-2,10-18)9-17-12-7-5-6-11(8-12)14(15)16/h5-8,18H,3-4,9-10H2,1-2H3. The van der Waals surface area contributed by atoms with Gasteiger partial charge in [0.25, 0.3) is 5.69 Å². The third-order valence-corrected chi connectivity index (χ3v) is 4.08. The van der Waals surface area contributed by atoms with E-state index in [1.807, 2.05) is 0 Å². The fraction of sp³-hybridized carbons (Fsp3) is 0.538. The van der Waals surface area contributed by atoms with Crippen LogP contribution in [0.5, 0.6) is 5.75 Å². The van der Waals surface area contributed by atoms with Gasteiger partial charge in [-0.3, -0.25) is 10.1 Å². The zero-order valence-electron chi connectivity index (χ0n) is 10.8. The molecule has 18 heavy (non-hydrogen) atoms. The number of hydrogen-bond donors (Lipinski definition) is 1. The Hall–Kier alpha value is -1.23. The van der Waals surface area contributed by atoms with E-state index in [2.05, 4.69) is 26.5 Å². The number of rotatable bonds is 7. The smallest absolute Gasteiger partial charge is 0.273 e. The lowest BCUT2D eigenvalue weighted by Gasteiger charge is -2.29. The highest BCUT2D eigenvalue weighted by Crippen LogP contribution is 2.29. The number of nitro groups is 1. The summed E-state index contributed by atoms with van der Waals surface area (Å²) in [5.41, 5.74) is 0.0882. The van der Waals surface area contributed by atoms with E-state index >= 15 is 0 Å². The Morgan fingerprint density at radius 2 is 2.06 bits per heavy atom. The molecule has 0 heterocycles. The molecule has 0 fully saturated rings. The molecule has 100 valence electrons. The summed E-state index contributed by atoms with van der Waals surface area (Å²) in [6.07, 6.45) is 1.95.